The van der Waals surface area contributed by atoms with Gasteiger partial charge in [0.25, 0.3) is 5.22 Å². The highest BCUT2D eigenvalue weighted by Crippen LogP contribution is 2.29. The van der Waals surface area contributed by atoms with E-state index in [4.69, 9.17) is 4.42 Å². The van der Waals surface area contributed by atoms with Gasteiger partial charge in [-0.2, -0.15) is 5.26 Å². The minimum absolute atomic E-state index is 0.549. The Labute approximate surface area is 116 Å². The SMILES string of the molecule is CCCNCc1ccc(Sc2ncco2)c(C#N)c1. The molecule has 98 valence electrons. The van der Waals surface area contributed by atoms with Gasteiger partial charge in [-0.3, -0.25) is 0 Å². The Hall–Kier alpha value is -1.77. The number of nitrogens with zero attached hydrogens (tertiary/aromatic N) is 2. The molecule has 0 aliphatic carbocycles. The summed E-state index contributed by atoms with van der Waals surface area (Å²) in [7, 11) is 0. The van der Waals surface area contributed by atoms with Gasteiger partial charge in [0, 0.05) is 11.4 Å². The molecule has 2 rings (SSSR count). The lowest BCUT2D eigenvalue weighted by molar-refractivity contribution is 0.454. The second-order valence-electron chi connectivity index (χ2n) is 4.02. The molecule has 19 heavy (non-hydrogen) atoms. The summed E-state index contributed by atoms with van der Waals surface area (Å²) in [4.78, 5) is 4.91. The highest BCUT2D eigenvalue weighted by molar-refractivity contribution is 7.99. The molecule has 1 heterocycles. The minimum atomic E-state index is 0.549. The predicted octanol–water partition coefficient (Wildman–Crippen LogP) is 3.20. The second kappa shape index (κ2) is 6.98. The van der Waals surface area contributed by atoms with Gasteiger partial charge in [-0.15, -0.1) is 0 Å². The first-order valence-electron chi connectivity index (χ1n) is 6.14. The Balaban J connectivity index is 2.10. The molecular weight excluding hydrogens is 258 g/mol. The van der Waals surface area contributed by atoms with Crippen molar-refractivity contribution in [3.63, 3.8) is 0 Å². The van der Waals surface area contributed by atoms with Gasteiger partial charge in [0.2, 0.25) is 0 Å². The number of oxazole rings is 1. The number of hydrogen-bond acceptors (Lipinski definition) is 5. The summed E-state index contributed by atoms with van der Waals surface area (Å²) in [6.07, 6.45) is 4.22. The van der Waals surface area contributed by atoms with E-state index in [9.17, 15) is 5.26 Å². The topological polar surface area (TPSA) is 61.9 Å². The summed E-state index contributed by atoms with van der Waals surface area (Å²) in [6, 6.07) is 8.09. The standard InChI is InChI=1S/C14H15N3OS/c1-2-5-16-10-11-3-4-13(12(8-11)9-15)19-14-17-6-7-18-14/h3-4,6-8,16H,2,5,10H2,1H3. The van der Waals surface area contributed by atoms with Crippen LogP contribution in [-0.4, -0.2) is 11.5 Å². The molecule has 1 aromatic carbocycles. The molecule has 1 aromatic heterocycles. The molecule has 4 nitrogen and oxygen atoms in total. The van der Waals surface area contributed by atoms with E-state index >= 15 is 0 Å². The smallest absolute Gasteiger partial charge is 0.260 e. The maximum atomic E-state index is 9.21. The van der Waals surface area contributed by atoms with Crippen molar-refractivity contribution < 1.29 is 4.42 Å². The first-order valence-corrected chi connectivity index (χ1v) is 6.96. The third kappa shape index (κ3) is 3.85. The zero-order valence-corrected chi connectivity index (χ0v) is 11.5. The van der Waals surface area contributed by atoms with Gasteiger partial charge in [0.05, 0.1) is 11.8 Å². The molecular formula is C14H15N3OS. The zero-order valence-electron chi connectivity index (χ0n) is 10.7. The third-order valence-electron chi connectivity index (χ3n) is 2.53. The average Bonchev–Trinajstić information content (AvgIpc) is 2.93. The van der Waals surface area contributed by atoms with E-state index in [-0.39, 0.29) is 0 Å². The number of nitrogens with one attached hydrogen (secondary N) is 1. The first kappa shape index (κ1) is 13.7. The Morgan fingerprint density at radius 2 is 2.37 bits per heavy atom. The summed E-state index contributed by atoms with van der Waals surface area (Å²) in [6.45, 7) is 3.89. The maximum absolute atomic E-state index is 9.21. The molecule has 0 fully saturated rings. The summed E-state index contributed by atoms with van der Waals surface area (Å²) in [5.41, 5.74) is 1.76. The van der Waals surface area contributed by atoms with Crippen LogP contribution in [-0.2, 0) is 6.54 Å². The van der Waals surface area contributed by atoms with Crippen LogP contribution in [0.1, 0.15) is 24.5 Å². The van der Waals surface area contributed by atoms with Crippen LogP contribution in [0.5, 0.6) is 0 Å². The molecule has 0 aliphatic heterocycles. The van der Waals surface area contributed by atoms with Gasteiger partial charge < -0.3 is 9.73 Å². The van der Waals surface area contributed by atoms with E-state index in [2.05, 4.69) is 23.3 Å². The molecule has 5 heteroatoms. The van der Waals surface area contributed by atoms with Gasteiger partial charge in [-0.25, -0.2) is 4.98 Å². The summed E-state index contributed by atoms with van der Waals surface area (Å²) in [5, 5.41) is 13.1. The van der Waals surface area contributed by atoms with Crippen LogP contribution in [0.15, 0.2) is 45.2 Å². The van der Waals surface area contributed by atoms with Crippen molar-refractivity contribution in [2.45, 2.75) is 30.0 Å². The number of nitriles is 1. The lowest BCUT2D eigenvalue weighted by Gasteiger charge is -2.06. The highest BCUT2D eigenvalue weighted by Gasteiger charge is 2.08. The molecule has 0 spiro atoms. The number of hydrogen-bond donors (Lipinski definition) is 1. The van der Waals surface area contributed by atoms with Crippen LogP contribution in [0.4, 0.5) is 0 Å². The molecule has 0 amide bonds. The molecule has 0 radical (unpaired) electrons. The molecule has 1 N–H and O–H groups in total. The van der Waals surface area contributed by atoms with E-state index in [1.165, 1.54) is 18.0 Å². The number of benzene rings is 1. The summed E-state index contributed by atoms with van der Waals surface area (Å²) < 4.78 is 5.18. The fraction of sp³-hybridized carbons (Fsp3) is 0.286. The largest absolute Gasteiger partial charge is 0.440 e. The van der Waals surface area contributed by atoms with Crippen molar-refractivity contribution in [3.8, 4) is 6.07 Å². The van der Waals surface area contributed by atoms with Gasteiger partial charge in [0.1, 0.15) is 12.3 Å². The van der Waals surface area contributed by atoms with Crippen LogP contribution in [0.25, 0.3) is 0 Å². The van der Waals surface area contributed by atoms with Crippen molar-refractivity contribution in [1.29, 1.82) is 5.26 Å². The molecule has 0 bridgehead atoms. The van der Waals surface area contributed by atoms with Crippen molar-refractivity contribution >= 4 is 11.8 Å². The molecule has 0 aliphatic rings. The number of aromatic nitrogens is 1. The predicted molar refractivity (Wildman–Crippen MR) is 73.8 cm³/mol. The lowest BCUT2D eigenvalue weighted by atomic mass is 10.1. The van der Waals surface area contributed by atoms with Gasteiger partial charge in [-0.1, -0.05) is 13.0 Å². The van der Waals surface area contributed by atoms with Crippen molar-refractivity contribution in [2.75, 3.05) is 6.54 Å². The van der Waals surface area contributed by atoms with Crippen molar-refractivity contribution in [3.05, 3.63) is 41.8 Å². The quantitative estimate of drug-likeness (QED) is 0.819. The van der Waals surface area contributed by atoms with Crippen LogP contribution in [0.2, 0.25) is 0 Å². The molecule has 2 aromatic rings. The van der Waals surface area contributed by atoms with Crippen LogP contribution < -0.4 is 5.32 Å². The monoisotopic (exact) mass is 273 g/mol. The van der Waals surface area contributed by atoms with E-state index in [0.717, 1.165) is 30.0 Å². The molecule has 0 saturated carbocycles. The summed E-state index contributed by atoms with van der Waals surface area (Å²) >= 11 is 1.36. The Morgan fingerprint density at radius 3 is 3.05 bits per heavy atom. The van der Waals surface area contributed by atoms with Crippen molar-refractivity contribution in [2.24, 2.45) is 0 Å². The van der Waals surface area contributed by atoms with Crippen LogP contribution in [0.3, 0.4) is 0 Å². The van der Waals surface area contributed by atoms with Gasteiger partial charge in [-0.05, 0) is 42.4 Å². The Morgan fingerprint density at radius 1 is 1.47 bits per heavy atom. The first-order chi connectivity index (χ1) is 9.33. The Bertz CT molecular complexity index is 561. The van der Waals surface area contributed by atoms with E-state index < -0.39 is 0 Å². The molecule has 0 unspecified atom stereocenters. The van der Waals surface area contributed by atoms with E-state index in [0.29, 0.717) is 10.8 Å². The third-order valence-corrected chi connectivity index (χ3v) is 3.48. The highest BCUT2D eigenvalue weighted by atomic mass is 32.2. The number of rotatable bonds is 6. The second-order valence-corrected chi connectivity index (χ2v) is 5.01. The van der Waals surface area contributed by atoms with E-state index in [1.54, 1.807) is 6.20 Å². The van der Waals surface area contributed by atoms with Gasteiger partial charge in [0.15, 0.2) is 0 Å². The fourth-order valence-electron chi connectivity index (χ4n) is 1.63. The fourth-order valence-corrected chi connectivity index (χ4v) is 2.38. The lowest BCUT2D eigenvalue weighted by Crippen LogP contribution is -2.13. The average molecular weight is 273 g/mol. The normalized spacial score (nSPS) is 10.3. The van der Waals surface area contributed by atoms with Crippen molar-refractivity contribution in [1.82, 2.24) is 10.3 Å². The minimum Gasteiger partial charge on any atom is -0.440 e. The zero-order chi connectivity index (χ0) is 13.5. The molecule has 0 saturated heterocycles. The van der Waals surface area contributed by atoms with Gasteiger partial charge >= 0.3 is 0 Å². The van der Waals surface area contributed by atoms with E-state index in [1.807, 2.05) is 18.2 Å². The van der Waals surface area contributed by atoms with Crippen LogP contribution >= 0.6 is 11.8 Å². The van der Waals surface area contributed by atoms with Crippen LogP contribution in [0, 0.1) is 11.3 Å². The molecule has 0 atom stereocenters. The Kier molecular flexibility index (Phi) is 5.01. The maximum Gasteiger partial charge on any atom is 0.260 e. The summed E-state index contributed by atoms with van der Waals surface area (Å²) in [5.74, 6) is 0.